The van der Waals surface area contributed by atoms with Gasteiger partial charge in [-0.1, -0.05) is 12.1 Å². The van der Waals surface area contributed by atoms with Gasteiger partial charge in [0.05, 0.1) is 0 Å². The van der Waals surface area contributed by atoms with Crippen LogP contribution in [0.2, 0.25) is 0 Å². The predicted octanol–water partition coefficient (Wildman–Crippen LogP) is 1.83. The van der Waals surface area contributed by atoms with Gasteiger partial charge in [0.2, 0.25) is 5.43 Å². The van der Waals surface area contributed by atoms with Gasteiger partial charge in [-0.15, -0.1) is 12.4 Å². The molecule has 2 aromatic rings. The van der Waals surface area contributed by atoms with E-state index in [1.807, 2.05) is 0 Å². The minimum Gasteiger partial charge on any atom is -0.350 e. The van der Waals surface area contributed by atoms with Gasteiger partial charge in [-0.2, -0.15) is 5.10 Å². The zero-order valence-corrected chi connectivity index (χ0v) is 15.3. The molecule has 140 valence electrons. The molecule has 1 aliphatic rings. The van der Waals surface area contributed by atoms with Crippen molar-refractivity contribution in [2.45, 2.75) is 19.8 Å². The van der Waals surface area contributed by atoms with Gasteiger partial charge < -0.3 is 10.6 Å². The lowest BCUT2D eigenvalue weighted by Gasteiger charge is -2.22. The molecule has 1 aromatic carbocycles. The number of benzene rings is 1. The topological polar surface area (TPSA) is 76.0 Å². The van der Waals surface area contributed by atoms with Crippen LogP contribution in [0.5, 0.6) is 0 Å². The summed E-state index contributed by atoms with van der Waals surface area (Å²) in [4.78, 5) is 24.5. The third-order valence-electron chi connectivity index (χ3n) is 4.35. The van der Waals surface area contributed by atoms with Crippen molar-refractivity contribution in [1.29, 1.82) is 0 Å². The van der Waals surface area contributed by atoms with Crippen molar-refractivity contribution in [3.63, 3.8) is 0 Å². The minimum absolute atomic E-state index is 0. The van der Waals surface area contributed by atoms with Gasteiger partial charge in [0.1, 0.15) is 11.5 Å². The number of hydrogen-bond donors (Lipinski definition) is 2. The minimum atomic E-state index is -0.527. The summed E-state index contributed by atoms with van der Waals surface area (Å²) in [5, 5.41) is 10.2. The Balaban J connectivity index is 0.00000243. The van der Waals surface area contributed by atoms with Crippen LogP contribution < -0.4 is 16.1 Å². The molecule has 1 atom stereocenters. The Kier molecular flexibility index (Phi) is 6.88. The lowest BCUT2D eigenvalue weighted by Crippen LogP contribution is -2.40. The van der Waals surface area contributed by atoms with Crippen molar-refractivity contribution >= 4 is 18.3 Å². The SMILES string of the molecule is Cc1cc(=O)c(C(=O)NCC2CCCNC2)nn1-c1ccccc1F.Cl. The van der Waals surface area contributed by atoms with Crippen LogP contribution in [0.1, 0.15) is 29.0 Å². The first-order chi connectivity index (χ1) is 12.1. The van der Waals surface area contributed by atoms with Crippen molar-refractivity contribution in [1.82, 2.24) is 20.4 Å². The molecule has 1 aliphatic heterocycles. The summed E-state index contributed by atoms with van der Waals surface area (Å²) in [6, 6.07) is 7.41. The number of piperidine rings is 1. The number of hydrogen-bond acceptors (Lipinski definition) is 4. The van der Waals surface area contributed by atoms with Gasteiger partial charge in [-0.05, 0) is 50.9 Å². The molecule has 0 aliphatic carbocycles. The van der Waals surface area contributed by atoms with E-state index in [0.29, 0.717) is 18.2 Å². The molecule has 1 amide bonds. The molecule has 8 heteroatoms. The second-order valence-electron chi connectivity index (χ2n) is 6.28. The maximum absolute atomic E-state index is 14.0. The number of amides is 1. The summed E-state index contributed by atoms with van der Waals surface area (Å²) in [5.74, 6) is -0.654. The van der Waals surface area contributed by atoms with Crippen LogP contribution in [0.3, 0.4) is 0 Å². The van der Waals surface area contributed by atoms with Crippen LogP contribution in [0.15, 0.2) is 35.1 Å². The van der Waals surface area contributed by atoms with Gasteiger partial charge in [-0.25, -0.2) is 9.07 Å². The first kappa shape index (κ1) is 20.1. The number of carbonyl (C=O) groups excluding carboxylic acids is 1. The van der Waals surface area contributed by atoms with Gasteiger partial charge in [0.15, 0.2) is 5.69 Å². The number of nitrogens with one attached hydrogen (secondary N) is 2. The Hall–Kier alpha value is -2.25. The summed E-state index contributed by atoms with van der Waals surface area (Å²) in [6.45, 7) is 3.98. The summed E-state index contributed by atoms with van der Waals surface area (Å²) in [7, 11) is 0. The molecule has 3 rings (SSSR count). The number of halogens is 2. The third-order valence-corrected chi connectivity index (χ3v) is 4.35. The van der Waals surface area contributed by atoms with Crippen molar-refractivity contribution in [2.24, 2.45) is 5.92 Å². The lowest BCUT2D eigenvalue weighted by atomic mass is 10.00. The number of nitrogens with zero attached hydrogens (tertiary/aromatic N) is 2. The maximum Gasteiger partial charge on any atom is 0.275 e. The Labute approximate surface area is 157 Å². The van der Waals surface area contributed by atoms with Crippen LogP contribution >= 0.6 is 12.4 Å². The number of carbonyl (C=O) groups is 1. The maximum atomic E-state index is 14.0. The molecule has 0 spiro atoms. The van der Waals surface area contributed by atoms with Crippen molar-refractivity contribution in [3.05, 3.63) is 57.8 Å². The van der Waals surface area contributed by atoms with E-state index in [4.69, 9.17) is 0 Å². The molecule has 1 unspecified atom stereocenters. The highest BCUT2D eigenvalue weighted by Gasteiger charge is 2.19. The molecular formula is C18H22ClFN4O2. The Morgan fingerprint density at radius 2 is 2.19 bits per heavy atom. The van der Waals surface area contributed by atoms with Gasteiger partial charge in [0, 0.05) is 18.3 Å². The summed E-state index contributed by atoms with van der Waals surface area (Å²) >= 11 is 0. The van der Waals surface area contributed by atoms with Gasteiger partial charge in [-0.3, -0.25) is 9.59 Å². The van der Waals surface area contributed by atoms with E-state index in [-0.39, 0.29) is 23.8 Å². The normalized spacial score (nSPS) is 16.6. The van der Waals surface area contributed by atoms with E-state index < -0.39 is 17.2 Å². The molecule has 26 heavy (non-hydrogen) atoms. The van der Waals surface area contributed by atoms with Crippen LogP contribution in [0.25, 0.3) is 5.69 Å². The number of para-hydroxylation sites is 1. The van der Waals surface area contributed by atoms with Crippen LogP contribution in [0, 0.1) is 18.7 Å². The van der Waals surface area contributed by atoms with E-state index in [1.54, 1.807) is 25.1 Å². The smallest absolute Gasteiger partial charge is 0.275 e. The molecule has 2 heterocycles. The zero-order valence-electron chi connectivity index (χ0n) is 14.5. The monoisotopic (exact) mass is 380 g/mol. The fourth-order valence-corrected chi connectivity index (χ4v) is 2.99. The highest BCUT2D eigenvalue weighted by molar-refractivity contribution is 5.92. The summed E-state index contributed by atoms with van der Waals surface area (Å²) in [5.41, 5.74) is -0.0318. The third kappa shape index (κ3) is 4.47. The highest BCUT2D eigenvalue weighted by Crippen LogP contribution is 2.13. The average Bonchev–Trinajstić information content (AvgIpc) is 2.61. The van der Waals surface area contributed by atoms with Gasteiger partial charge in [0.25, 0.3) is 5.91 Å². The standard InChI is InChI=1S/C18H21FN4O2.ClH/c1-12-9-16(24)17(18(25)21-11-13-5-4-8-20-10-13)22-23(12)15-7-3-2-6-14(15)19;/h2-3,6-7,9,13,20H,4-5,8,10-11H2,1H3,(H,21,25);1H. The van der Waals surface area contributed by atoms with Crippen LogP contribution in [0.4, 0.5) is 4.39 Å². The van der Waals surface area contributed by atoms with Gasteiger partial charge >= 0.3 is 0 Å². The van der Waals surface area contributed by atoms with E-state index in [0.717, 1.165) is 25.9 Å². The summed E-state index contributed by atoms with van der Waals surface area (Å²) in [6.07, 6.45) is 2.11. The first-order valence-corrected chi connectivity index (χ1v) is 8.41. The average molecular weight is 381 g/mol. The second-order valence-corrected chi connectivity index (χ2v) is 6.28. The highest BCUT2D eigenvalue weighted by atomic mass is 35.5. The lowest BCUT2D eigenvalue weighted by molar-refractivity contribution is 0.0936. The van der Waals surface area contributed by atoms with E-state index in [1.165, 1.54) is 16.8 Å². The molecule has 0 bridgehead atoms. The molecular weight excluding hydrogens is 359 g/mol. The summed E-state index contributed by atoms with van der Waals surface area (Å²) < 4.78 is 15.3. The number of aromatic nitrogens is 2. The number of aryl methyl sites for hydroxylation is 1. The van der Waals surface area contributed by atoms with E-state index in [2.05, 4.69) is 15.7 Å². The Morgan fingerprint density at radius 3 is 2.88 bits per heavy atom. The van der Waals surface area contributed by atoms with Crippen molar-refractivity contribution < 1.29 is 9.18 Å². The fraction of sp³-hybridized carbons (Fsp3) is 0.389. The molecule has 1 fully saturated rings. The Bertz CT molecular complexity index is 834. The first-order valence-electron chi connectivity index (χ1n) is 8.41. The van der Waals surface area contributed by atoms with E-state index >= 15 is 0 Å². The predicted molar refractivity (Wildman–Crippen MR) is 99.7 cm³/mol. The molecule has 1 saturated heterocycles. The van der Waals surface area contributed by atoms with Crippen LogP contribution in [-0.2, 0) is 0 Å². The fourth-order valence-electron chi connectivity index (χ4n) is 2.99. The zero-order chi connectivity index (χ0) is 17.8. The van der Waals surface area contributed by atoms with Crippen molar-refractivity contribution in [2.75, 3.05) is 19.6 Å². The van der Waals surface area contributed by atoms with Crippen LogP contribution in [-0.4, -0.2) is 35.3 Å². The Morgan fingerprint density at radius 1 is 1.42 bits per heavy atom. The second kappa shape index (κ2) is 8.91. The largest absolute Gasteiger partial charge is 0.350 e. The van der Waals surface area contributed by atoms with Crippen molar-refractivity contribution in [3.8, 4) is 5.69 Å². The molecule has 6 nitrogen and oxygen atoms in total. The molecule has 0 saturated carbocycles. The quantitative estimate of drug-likeness (QED) is 0.848. The molecule has 2 N–H and O–H groups in total. The number of rotatable bonds is 4. The van der Waals surface area contributed by atoms with E-state index in [9.17, 15) is 14.0 Å². The molecule has 0 radical (unpaired) electrons. The molecule has 1 aromatic heterocycles.